The van der Waals surface area contributed by atoms with E-state index in [4.69, 9.17) is 4.74 Å². The summed E-state index contributed by atoms with van der Waals surface area (Å²) >= 11 is 2.07. The summed E-state index contributed by atoms with van der Waals surface area (Å²) < 4.78 is 5.59. The number of carbonyl (C=O) groups is 1. The second kappa shape index (κ2) is 19.7. The van der Waals surface area contributed by atoms with Gasteiger partial charge in [0.1, 0.15) is 6.61 Å². The van der Waals surface area contributed by atoms with E-state index in [1.165, 1.54) is 19.3 Å². The number of esters is 1. The molecule has 0 aromatic rings. The van der Waals surface area contributed by atoms with Gasteiger partial charge in [-0.3, -0.25) is 4.79 Å². The van der Waals surface area contributed by atoms with Gasteiger partial charge in [0.25, 0.3) is 0 Å². The number of alkyl halides is 1. The van der Waals surface area contributed by atoms with Gasteiger partial charge in [-0.05, 0) is 38.5 Å². The molecule has 0 heterocycles. The molecule has 1 atom stereocenters. The van der Waals surface area contributed by atoms with Crippen molar-refractivity contribution in [1.29, 1.82) is 0 Å². The van der Waals surface area contributed by atoms with Crippen LogP contribution in [0.5, 0.6) is 0 Å². The van der Waals surface area contributed by atoms with Gasteiger partial charge in [-0.25, -0.2) is 0 Å². The number of carbonyl (C=O) groups excluding carboxylic acids is 1. The van der Waals surface area contributed by atoms with E-state index >= 15 is 0 Å². The average Bonchev–Trinajstić information content (AvgIpc) is 2.62. The van der Waals surface area contributed by atoms with E-state index in [0.29, 0.717) is 10.8 Å². The van der Waals surface area contributed by atoms with Crippen LogP contribution in [-0.2, 0) is 9.53 Å². The third kappa shape index (κ3) is 19.6. The van der Waals surface area contributed by atoms with Crippen LogP contribution in [0.1, 0.15) is 71.1 Å². The third-order valence-electron chi connectivity index (χ3n) is 3.65. The molecule has 0 spiro atoms. The molecule has 0 aliphatic heterocycles. The first kappa shape index (κ1) is 24.4. The average molecular weight is 462 g/mol. The van der Waals surface area contributed by atoms with E-state index in [-0.39, 0.29) is 12.6 Å². The van der Waals surface area contributed by atoms with Gasteiger partial charge in [-0.1, -0.05) is 85.2 Å². The number of aliphatic hydroxyl groups excluding tert-OH is 1. The van der Waals surface area contributed by atoms with Gasteiger partial charge in [0.2, 0.25) is 0 Å². The Hall–Kier alpha value is -0.620. The number of aliphatic hydroxyl groups is 1. The van der Waals surface area contributed by atoms with Crippen LogP contribution in [-0.4, -0.2) is 28.2 Å². The Morgan fingerprint density at radius 1 is 0.960 bits per heavy atom. The van der Waals surface area contributed by atoms with Crippen molar-refractivity contribution < 1.29 is 14.6 Å². The van der Waals surface area contributed by atoms with Crippen molar-refractivity contribution in [2.45, 2.75) is 77.2 Å². The topological polar surface area (TPSA) is 46.5 Å². The van der Waals surface area contributed by atoms with Gasteiger partial charge in [0, 0.05) is 10.8 Å². The predicted molar refractivity (Wildman–Crippen MR) is 115 cm³/mol. The Morgan fingerprint density at radius 2 is 1.56 bits per heavy atom. The molecular formula is C21H35IO3. The first-order valence-electron chi connectivity index (χ1n) is 9.55. The highest BCUT2D eigenvalue weighted by Crippen LogP contribution is 2.08. The Balaban J connectivity index is 3.34. The minimum absolute atomic E-state index is 0.124. The van der Waals surface area contributed by atoms with Crippen molar-refractivity contribution in [3.63, 3.8) is 0 Å². The van der Waals surface area contributed by atoms with Crippen molar-refractivity contribution in [3.8, 4) is 0 Å². The zero-order chi connectivity index (χ0) is 18.6. The van der Waals surface area contributed by atoms with Crippen LogP contribution in [0.4, 0.5) is 0 Å². The Labute approximate surface area is 167 Å². The van der Waals surface area contributed by atoms with Crippen LogP contribution in [0.2, 0.25) is 0 Å². The van der Waals surface area contributed by atoms with Crippen molar-refractivity contribution in [1.82, 2.24) is 0 Å². The van der Waals surface area contributed by atoms with Crippen LogP contribution < -0.4 is 0 Å². The second-order valence-electron chi connectivity index (χ2n) is 6.09. The van der Waals surface area contributed by atoms with Gasteiger partial charge < -0.3 is 9.84 Å². The minimum atomic E-state index is -0.536. The summed E-state index contributed by atoms with van der Waals surface area (Å²) in [6.45, 7) is 2.27. The van der Waals surface area contributed by atoms with Gasteiger partial charge in [0.05, 0.1) is 6.10 Å². The van der Waals surface area contributed by atoms with Crippen molar-refractivity contribution in [2.24, 2.45) is 0 Å². The summed E-state index contributed by atoms with van der Waals surface area (Å²) in [7, 11) is 0. The van der Waals surface area contributed by atoms with Crippen molar-refractivity contribution >= 4 is 28.6 Å². The van der Waals surface area contributed by atoms with Crippen LogP contribution in [0.15, 0.2) is 36.5 Å². The fourth-order valence-corrected chi connectivity index (χ4v) is 2.45. The number of halogens is 1. The first-order valence-corrected chi connectivity index (χ1v) is 11.1. The van der Waals surface area contributed by atoms with E-state index in [9.17, 15) is 9.90 Å². The molecule has 0 aromatic heterocycles. The molecule has 0 aliphatic carbocycles. The second-order valence-corrected chi connectivity index (χ2v) is 6.97. The molecule has 1 N–H and O–H groups in total. The van der Waals surface area contributed by atoms with Crippen LogP contribution in [0, 0.1) is 0 Å². The van der Waals surface area contributed by atoms with E-state index in [1.807, 2.05) is 0 Å². The highest BCUT2D eigenvalue weighted by atomic mass is 127. The summed E-state index contributed by atoms with van der Waals surface area (Å²) in [5.74, 6) is -0.190. The fraction of sp³-hybridized carbons (Fsp3) is 0.667. The summed E-state index contributed by atoms with van der Waals surface area (Å²) in [5, 5.41) is 9.31. The van der Waals surface area contributed by atoms with Gasteiger partial charge in [-0.2, -0.15) is 0 Å². The van der Waals surface area contributed by atoms with Crippen LogP contribution in [0.25, 0.3) is 0 Å². The maximum absolute atomic E-state index is 11.4. The monoisotopic (exact) mass is 462 g/mol. The lowest BCUT2D eigenvalue weighted by Gasteiger charge is -2.08. The first-order chi connectivity index (χ1) is 12.2. The van der Waals surface area contributed by atoms with Gasteiger partial charge in [0.15, 0.2) is 0 Å². The molecule has 3 nitrogen and oxygen atoms in total. The van der Waals surface area contributed by atoms with Gasteiger partial charge in [-0.15, -0.1) is 0 Å². The third-order valence-corrected chi connectivity index (χ3v) is 4.66. The summed E-state index contributed by atoms with van der Waals surface area (Å²) in [4.78, 5) is 11.4. The molecule has 0 saturated heterocycles. The molecule has 0 unspecified atom stereocenters. The molecule has 144 valence electrons. The van der Waals surface area contributed by atoms with Gasteiger partial charge >= 0.3 is 5.97 Å². The Bertz CT molecular complexity index is 389. The number of rotatable bonds is 16. The number of allylic oxidation sites excluding steroid dienone is 6. The van der Waals surface area contributed by atoms with Crippen LogP contribution >= 0.6 is 22.6 Å². The number of unbranched alkanes of at least 4 members (excludes halogenated alkanes) is 5. The molecule has 0 saturated carbocycles. The smallest absolute Gasteiger partial charge is 0.305 e. The molecule has 0 fully saturated rings. The van der Waals surface area contributed by atoms with E-state index in [2.05, 4.69) is 66.0 Å². The zero-order valence-electron chi connectivity index (χ0n) is 15.7. The highest BCUT2D eigenvalue weighted by molar-refractivity contribution is 14.1. The Kier molecular flexibility index (Phi) is 19.2. The molecule has 0 rings (SSSR count). The lowest BCUT2D eigenvalue weighted by atomic mass is 10.1. The molecule has 0 amide bonds. The number of hydrogen-bond donors (Lipinski definition) is 1. The largest absolute Gasteiger partial charge is 0.463 e. The summed E-state index contributed by atoms with van der Waals surface area (Å²) in [6.07, 6.45) is 23.1. The van der Waals surface area contributed by atoms with Crippen LogP contribution in [0.3, 0.4) is 0 Å². The lowest BCUT2D eigenvalue weighted by Crippen LogP contribution is -2.19. The quantitative estimate of drug-likeness (QED) is 0.102. The predicted octanol–water partition coefficient (Wildman–Crippen LogP) is 5.92. The Morgan fingerprint density at radius 3 is 2.24 bits per heavy atom. The molecular weight excluding hydrogens is 427 g/mol. The van der Waals surface area contributed by atoms with E-state index in [1.54, 1.807) is 0 Å². The molecule has 0 aliphatic rings. The van der Waals surface area contributed by atoms with E-state index in [0.717, 1.165) is 38.5 Å². The minimum Gasteiger partial charge on any atom is -0.463 e. The highest BCUT2D eigenvalue weighted by Gasteiger charge is 2.06. The maximum atomic E-state index is 11.4. The van der Waals surface area contributed by atoms with Crippen molar-refractivity contribution in [2.75, 3.05) is 11.0 Å². The number of hydrogen-bond acceptors (Lipinski definition) is 3. The van der Waals surface area contributed by atoms with E-state index < -0.39 is 6.10 Å². The number of ether oxygens (including phenoxy) is 1. The summed E-state index contributed by atoms with van der Waals surface area (Å²) in [6, 6.07) is 0. The molecule has 0 radical (unpaired) electrons. The summed E-state index contributed by atoms with van der Waals surface area (Å²) in [5.41, 5.74) is 0. The zero-order valence-corrected chi connectivity index (χ0v) is 17.8. The fourth-order valence-electron chi connectivity index (χ4n) is 2.19. The molecule has 0 bridgehead atoms. The standard InChI is InChI=1S/C21H35IO3/c1-2-3-4-5-6-7-8-9-10-11-12-13-14-15-16-17-21(24)25-19-20(23)18-22/h3-4,6-7,9-10,20,23H,2,5,8,11-19H2,1H3/b4-3-,7-6-,10-9-/t20-/m1/s1. The molecule has 4 heteroatoms. The SMILES string of the molecule is CC/C=C\C/C=C\C/C=C\CCCCCCCC(=O)OC[C@H](O)CI. The lowest BCUT2D eigenvalue weighted by molar-refractivity contribution is -0.146. The normalized spacial score (nSPS) is 13.2. The maximum Gasteiger partial charge on any atom is 0.305 e. The molecule has 0 aromatic carbocycles. The molecule has 25 heavy (non-hydrogen) atoms. The van der Waals surface area contributed by atoms with Crippen molar-refractivity contribution in [3.05, 3.63) is 36.5 Å².